The summed E-state index contributed by atoms with van der Waals surface area (Å²) in [6.45, 7) is 13.6. The average Bonchev–Trinajstić information content (AvgIpc) is 3.13. The van der Waals surface area contributed by atoms with Crippen LogP contribution in [0.1, 0.15) is 260 Å². The molecule has 0 spiro atoms. The normalized spacial score (nSPS) is 12.2. The van der Waals surface area contributed by atoms with Gasteiger partial charge in [0.1, 0.15) is 13.2 Å². The Balaban J connectivity index is 4.26. The minimum absolute atomic E-state index is 0.0663. The van der Waals surface area contributed by atoms with Crippen molar-refractivity contribution in [3.8, 4) is 0 Å². The van der Waals surface area contributed by atoms with E-state index >= 15 is 0 Å². The maximum Gasteiger partial charge on any atom is 0.306 e. The molecule has 0 radical (unpaired) electrons. The summed E-state index contributed by atoms with van der Waals surface area (Å²) in [6.07, 6.45) is 38.2. The van der Waals surface area contributed by atoms with Crippen LogP contribution in [-0.2, 0) is 28.6 Å². The highest BCUT2D eigenvalue weighted by Gasteiger charge is 2.19. The Morgan fingerprint density at radius 2 is 0.527 bits per heavy atom. The summed E-state index contributed by atoms with van der Waals surface area (Å²) in [4.78, 5) is 37.7. The Morgan fingerprint density at radius 1 is 0.309 bits per heavy atom. The molecule has 0 rings (SSSR count). The van der Waals surface area contributed by atoms with Crippen LogP contribution in [0.5, 0.6) is 0 Å². The molecule has 326 valence electrons. The molecular formula is C49H94O6. The number of rotatable bonds is 42. The molecular weight excluding hydrogens is 685 g/mol. The zero-order valence-electron chi connectivity index (χ0n) is 37.7. The summed E-state index contributed by atoms with van der Waals surface area (Å²) in [6, 6.07) is 0. The first-order valence-electron chi connectivity index (χ1n) is 24.1. The van der Waals surface area contributed by atoms with Gasteiger partial charge in [0.05, 0.1) is 0 Å². The van der Waals surface area contributed by atoms with Gasteiger partial charge in [-0.2, -0.15) is 0 Å². The minimum Gasteiger partial charge on any atom is -0.462 e. The van der Waals surface area contributed by atoms with Gasteiger partial charge in [-0.3, -0.25) is 14.4 Å². The highest BCUT2D eigenvalue weighted by Crippen LogP contribution is 2.17. The Bertz CT molecular complexity index is 852. The molecule has 0 aromatic rings. The van der Waals surface area contributed by atoms with Gasteiger partial charge < -0.3 is 14.2 Å². The van der Waals surface area contributed by atoms with E-state index in [1.807, 2.05) is 0 Å². The summed E-state index contributed by atoms with van der Waals surface area (Å²) in [5, 5.41) is 0. The van der Waals surface area contributed by atoms with Crippen LogP contribution in [0.15, 0.2) is 0 Å². The molecule has 0 bridgehead atoms. The number of carbonyl (C=O) groups is 3. The SMILES string of the molecule is CC(C)CCCCCCCCCCCCCCCCC(=O)OC[C@H](COC(=O)CCCCCCCCCC(C)C)OC(=O)CCCCCCCCCC(C)C. The Morgan fingerprint density at radius 3 is 0.782 bits per heavy atom. The van der Waals surface area contributed by atoms with Gasteiger partial charge in [-0.05, 0) is 37.0 Å². The van der Waals surface area contributed by atoms with E-state index in [0.29, 0.717) is 19.3 Å². The lowest BCUT2D eigenvalue weighted by atomic mass is 10.0. The van der Waals surface area contributed by atoms with Crippen LogP contribution in [0, 0.1) is 17.8 Å². The van der Waals surface area contributed by atoms with Crippen molar-refractivity contribution in [3.63, 3.8) is 0 Å². The monoisotopic (exact) mass is 779 g/mol. The fourth-order valence-corrected chi connectivity index (χ4v) is 7.23. The molecule has 0 fully saturated rings. The Labute approximate surface area is 342 Å². The zero-order valence-corrected chi connectivity index (χ0v) is 37.7. The quantitative estimate of drug-likeness (QED) is 0.0349. The number of hydrogen-bond donors (Lipinski definition) is 0. The van der Waals surface area contributed by atoms with Crippen molar-refractivity contribution >= 4 is 17.9 Å². The molecule has 0 N–H and O–H groups in total. The molecule has 0 saturated carbocycles. The van der Waals surface area contributed by atoms with Crippen LogP contribution in [-0.4, -0.2) is 37.2 Å². The van der Waals surface area contributed by atoms with Crippen molar-refractivity contribution in [2.45, 2.75) is 266 Å². The smallest absolute Gasteiger partial charge is 0.306 e. The van der Waals surface area contributed by atoms with E-state index < -0.39 is 6.10 Å². The van der Waals surface area contributed by atoms with Gasteiger partial charge in [0.25, 0.3) is 0 Å². The van der Waals surface area contributed by atoms with Gasteiger partial charge in [-0.15, -0.1) is 0 Å². The highest BCUT2D eigenvalue weighted by molar-refractivity contribution is 5.71. The third-order valence-corrected chi connectivity index (χ3v) is 10.9. The number of carbonyl (C=O) groups excluding carboxylic acids is 3. The van der Waals surface area contributed by atoms with E-state index in [4.69, 9.17) is 14.2 Å². The largest absolute Gasteiger partial charge is 0.462 e. The molecule has 0 unspecified atom stereocenters. The van der Waals surface area contributed by atoms with Gasteiger partial charge in [-0.1, -0.05) is 221 Å². The van der Waals surface area contributed by atoms with Gasteiger partial charge in [0.15, 0.2) is 6.10 Å². The summed E-state index contributed by atoms with van der Waals surface area (Å²) in [7, 11) is 0. The van der Waals surface area contributed by atoms with E-state index in [1.54, 1.807) is 0 Å². The van der Waals surface area contributed by atoms with Crippen LogP contribution in [0.25, 0.3) is 0 Å². The maximum atomic E-state index is 12.7. The lowest BCUT2D eigenvalue weighted by Crippen LogP contribution is -2.30. The number of esters is 3. The van der Waals surface area contributed by atoms with Crippen LogP contribution < -0.4 is 0 Å². The summed E-state index contributed by atoms with van der Waals surface area (Å²) in [5.41, 5.74) is 0. The molecule has 0 aliphatic heterocycles. The zero-order chi connectivity index (χ0) is 40.6. The molecule has 6 nitrogen and oxygen atoms in total. The maximum absolute atomic E-state index is 12.7. The lowest BCUT2D eigenvalue weighted by molar-refractivity contribution is -0.167. The van der Waals surface area contributed by atoms with E-state index in [-0.39, 0.29) is 31.1 Å². The predicted molar refractivity (Wildman–Crippen MR) is 233 cm³/mol. The van der Waals surface area contributed by atoms with Crippen LogP contribution in [0.2, 0.25) is 0 Å². The molecule has 0 aliphatic carbocycles. The highest BCUT2D eigenvalue weighted by atomic mass is 16.6. The fraction of sp³-hybridized carbons (Fsp3) is 0.939. The van der Waals surface area contributed by atoms with Crippen molar-refractivity contribution < 1.29 is 28.6 Å². The van der Waals surface area contributed by atoms with Gasteiger partial charge in [-0.25, -0.2) is 0 Å². The Hall–Kier alpha value is -1.59. The van der Waals surface area contributed by atoms with Crippen molar-refractivity contribution in [1.82, 2.24) is 0 Å². The van der Waals surface area contributed by atoms with E-state index in [2.05, 4.69) is 41.5 Å². The molecule has 0 aromatic heterocycles. The first-order valence-corrected chi connectivity index (χ1v) is 24.1. The van der Waals surface area contributed by atoms with E-state index in [0.717, 1.165) is 75.5 Å². The average molecular weight is 779 g/mol. The standard InChI is InChI=1S/C49H94O6/c1-43(2)35-29-23-17-13-11-9-7-8-10-12-14-20-26-32-38-47(50)53-41-46(55-49(52)40-34-28-22-16-19-25-31-37-45(5)6)42-54-48(51)39-33-27-21-15-18-24-30-36-44(3)4/h43-46H,7-42H2,1-6H3/t46-/m1/s1. The van der Waals surface area contributed by atoms with Gasteiger partial charge >= 0.3 is 17.9 Å². The first-order chi connectivity index (χ1) is 26.6. The summed E-state index contributed by atoms with van der Waals surface area (Å²) >= 11 is 0. The molecule has 55 heavy (non-hydrogen) atoms. The summed E-state index contributed by atoms with van der Waals surface area (Å²) < 4.78 is 16.7. The molecule has 0 aromatic carbocycles. The van der Waals surface area contributed by atoms with Crippen molar-refractivity contribution in [1.29, 1.82) is 0 Å². The second-order valence-electron chi connectivity index (χ2n) is 18.2. The minimum atomic E-state index is -0.762. The van der Waals surface area contributed by atoms with Crippen molar-refractivity contribution in [2.75, 3.05) is 13.2 Å². The molecule has 0 amide bonds. The van der Waals surface area contributed by atoms with E-state index in [1.165, 1.54) is 141 Å². The van der Waals surface area contributed by atoms with Crippen LogP contribution >= 0.6 is 0 Å². The third kappa shape index (κ3) is 43.4. The molecule has 1 atom stereocenters. The Kier molecular flexibility index (Phi) is 39.4. The van der Waals surface area contributed by atoms with Crippen LogP contribution in [0.4, 0.5) is 0 Å². The molecule has 0 saturated heterocycles. The van der Waals surface area contributed by atoms with Crippen LogP contribution in [0.3, 0.4) is 0 Å². The van der Waals surface area contributed by atoms with Gasteiger partial charge in [0, 0.05) is 19.3 Å². The van der Waals surface area contributed by atoms with E-state index in [9.17, 15) is 14.4 Å². The first kappa shape index (κ1) is 53.4. The molecule has 6 heteroatoms. The van der Waals surface area contributed by atoms with Crippen molar-refractivity contribution in [3.05, 3.63) is 0 Å². The third-order valence-electron chi connectivity index (χ3n) is 10.9. The second-order valence-corrected chi connectivity index (χ2v) is 18.2. The lowest BCUT2D eigenvalue weighted by Gasteiger charge is -2.18. The summed E-state index contributed by atoms with van der Waals surface area (Å²) in [5.74, 6) is 1.54. The number of hydrogen-bond acceptors (Lipinski definition) is 6. The fourth-order valence-electron chi connectivity index (χ4n) is 7.23. The number of ether oxygens (including phenoxy) is 3. The number of unbranched alkanes of at least 4 members (excludes halogenated alkanes) is 25. The second kappa shape index (κ2) is 40.6. The van der Waals surface area contributed by atoms with Gasteiger partial charge in [0.2, 0.25) is 0 Å². The van der Waals surface area contributed by atoms with Crippen molar-refractivity contribution in [2.24, 2.45) is 17.8 Å². The molecule has 0 aliphatic rings. The molecule has 0 heterocycles. The topological polar surface area (TPSA) is 78.9 Å². The predicted octanol–water partition coefficient (Wildman–Crippen LogP) is 15.2.